The second-order valence-electron chi connectivity index (χ2n) is 6.55. The van der Waals surface area contributed by atoms with E-state index >= 15 is 0 Å². The SMILES string of the molecule is C=C(CN(CC(=O)Nc1sc(C)c(C)c1C(N)=O)C(=O)c1ccccc1)OC=CC. The largest absolute Gasteiger partial charge is 0.468 e. The second kappa shape index (κ2) is 10.4. The van der Waals surface area contributed by atoms with Gasteiger partial charge in [-0.3, -0.25) is 14.4 Å². The maximum atomic E-state index is 12.9. The van der Waals surface area contributed by atoms with Gasteiger partial charge in [-0.15, -0.1) is 11.3 Å². The standard InChI is InChI=1S/C22H25N3O4S/c1-5-11-29-14(2)12-25(22(28)17-9-7-6-8-10-17)13-18(26)24-21-19(20(23)27)15(3)16(4)30-21/h5-11H,2,12-13H2,1,3-4H3,(H2,23,27)(H,24,26). The van der Waals surface area contributed by atoms with Gasteiger partial charge >= 0.3 is 0 Å². The summed E-state index contributed by atoms with van der Waals surface area (Å²) in [5.41, 5.74) is 6.91. The van der Waals surface area contributed by atoms with E-state index in [0.29, 0.717) is 16.3 Å². The average Bonchev–Trinajstić information content (AvgIpc) is 2.99. The van der Waals surface area contributed by atoms with Crippen LogP contribution in [0.15, 0.2) is 55.0 Å². The smallest absolute Gasteiger partial charge is 0.254 e. The number of hydrogen-bond donors (Lipinski definition) is 2. The number of carbonyl (C=O) groups is 3. The normalized spacial score (nSPS) is 10.6. The zero-order valence-corrected chi connectivity index (χ0v) is 18.0. The molecule has 0 saturated heterocycles. The number of hydrogen-bond acceptors (Lipinski definition) is 5. The van der Waals surface area contributed by atoms with E-state index < -0.39 is 11.8 Å². The van der Waals surface area contributed by atoms with Crippen LogP contribution >= 0.6 is 11.3 Å². The van der Waals surface area contributed by atoms with Crippen molar-refractivity contribution in [1.82, 2.24) is 4.90 Å². The number of primary amides is 1. The highest BCUT2D eigenvalue weighted by molar-refractivity contribution is 7.16. The quantitative estimate of drug-likeness (QED) is 0.597. The van der Waals surface area contributed by atoms with Gasteiger partial charge in [0.1, 0.15) is 17.3 Å². The van der Waals surface area contributed by atoms with Gasteiger partial charge in [-0.1, -0.05) is 30.9 Å². The van der Waals surface area contributed by atoms with Crippen LogP contribution in [-0.2, 0) is 9.53 Å². The monoisotopic (exact) mass is 427 g/mol. The number of anilines is 1. The molecule has 0 fully saturated rings. The summed E-state index contributed by atoms with van der Waals surface area (Å²) in [6.07, 6.45) is 3.14. The third-order valence-electron chi connectivity index (χ3n) is 4.27. The van der Waals surface area contributed by atoms with E-state index in [1.807, 2.05) is 6.92 Å². The van der Waals surface area contributed by atoms with Crippen molar-refractivity contribution in [2.75, 3.05) is 18.4 Å². The highest BCUT2D eigenvalue weighted by Crippen LogP contribution is 2.32. The first-order chi connectivity index (χ1) is 14.2. The molecule has 0 spiro atoms. The molecule has 0 aliphatic heterocycles. The number of allylic oxidation sites excluding steroid dienone is 1. The fourth-order valence-electron chi connectivity index (χ4n) is 2.73. The topological polar surface area (TPSA) is 102 Å². The van der Waals surface area contributed by atoms with E-state index in [2.05, 4.69) is 11.9 Å². The third-order valence-corrected chi connectivity index (χ3v) is 5.39. The molecule has 0 saturated carbocycles. The van der Waals surface area contributed by atoms with Gasteiger partial charge in [-0.25, -0.2) is 0 Å². The molecular formula is C22H25N3O4S. The van der Waals surface area contributed by atoms with Crippen molar-refractivity contribution < 1.29 is 19.1 Å². The number of ether oxygens (including phenoxy) is 1. The van der Waals surface area contributed by atoms with Gasteiger partial charge in [-0.2, -0.15) is 0 Å². The molecule has 158 valence electrons. The van der Waals surface area contributed by atoms with Crippen LogP contribution in [0.2, 0.25) is 0 Å². The van der Waals surface area contributed by atoms with Gasteiger partial charge in [0.25, 0.3) is 11.8 Å². The first-order valence-electron chi connectivity index (χ1n) is 9.24. The number of rotatable bonds is 9. The molecule has 0 unspecified atom stereocenters. The van der Waals surface area contributed by atoms with Crippen molar-refractivity contribution in [2.45, 2.75) is 20.8 Å². The lowest BCUT2D eigenvalue weighted by Crippen LogP contribution is -2.39. The summed E-state index contributed by atoms with van der Waals surface area (Å²) in [5, 5.41) is 3.08. The molecule has 1 heterocycles. The van der Waals surface area contributed by atoms with Crippen molar-refractivity contribution >= 4 is 34.1 Å². The Kier molecular flexibility index (Phi) is 7.94. The molecule has 0 aliphatic carbocycles. The Morgan fingerprint density at radius 3 is 2.47 bits per heavy atom. The summed E-state index contributed by atoms with van der Waals surface area (Å²) in [5.74, 6) is -1.10. The van der Waals surface area contributed by atoms with Crippen molar-refractivity contribution in [3.8, 4) is 0 Å². The van der Waals surface area contributed by atoms with E-state index in [1.54, 1.807) is 50.3 Å². The van der Waals surface area contributed by atoms with Crippen LogP contribution in [0.5, 0.6) is 0 Å². The highest BCUT2D eigenvalue weighted by atomic mass is 32.1. The molecule has 8 heteroatoms. The van der Waals surface area contributed by atoms with Gasteiger partial charge in [0, 0.05) is 10.4 Å². The maximum absolute atomic E-state index is 12.9. The minimum absolute atomic E-state index is 0.0245. The number of nitrogens with zero attached hydrogens (tertiary/aromatic N) is 1. The number of amides is 3. The molecule has 0 radical (unpaired) electrons. The summed E-state index contributed by atoms with van der Waals surface area (Å²) < 4.78 is 5.32. The summed E-state index contributed by atoms with van der Waals surface area (Å²) >= 11 is 1.27. The van der Waals surface area contributed by atoms with Crippen molar-refractivity contribution in [3.05, 3.63) is 76.6 Å². The first-order valence-corrected chi connectivity index (χ1v) is 10.1. The van der Waals surface area contributed by atoms with Crippen LogP contribution in [0.4, 0.5) is 5.00 Å². The zero-order valence-electron chi connectivity index (χ0n) is 17.2. The summed E-state index contributed by atoms with van der Waals surface area (Å²) in [4.78, 5) is 39.6. The lowest BCUT2D eigenvalue weighted by molar-refractivity contribution is -0.116. The predicted molar refractivity (Wildman–Crippen MR) is 118 cm³/mol. The third kappa shape index (κ3) is 5.81. The Balaban J connectivity index is 2.21. The molecule has 0 atom stereocenters. The number of nitrogens with one attached hydrogen (secondary N) is 1. The Morgan fingerprint density at radius 1 is 1.20 bits per heavy atom. The van der Waals surface area contributed by atoms with E-state index in [-0.39, 0.29) is 24.6 Å². The van der Waals surface area contributed by atoms with Crippen LogP contribution in [0.1, 0.15) is 38.1 Å². The molecule has 2 aromatic rings. The minimum atomic E-state index is -0.613. The van der Waals surface area contributed by atoms with E-state index in [4.69, 9.17) is 10.5 Å². The second-order valence-corrected chi connectivity index (χ2v) is 7.78. The van der Waals surface area contributed by atoms with Crippen LogP contribution in [0.3, 0.4) is 0 Å². The van der Waals surface area contributed by atoms with Crippen LogP contribution in [-0.4, -0.2) is 35.7 Å². The molecule has 0 bridgehead atoms. The molecule has 3 N–H and O–H groups in total. The lowest BCUT2D eigenvalue weighted by atomic mass is 10.1. The number of nitrogens with two attached hydrogens (primary N) is 1. The molecule has 1 aromatic heterocycles. The van der Waals surface area contributed by atoms with Crippen molar-refractivity contribution in [1.29, 1.82) is 0 Å². The number of carbonyl (C=O) groups excluding carboxylic acids is 3. The van der Waals surface area contributed by atoms with Crippen LogP contribution in [0, 0.1) is 13.8 Å². The van der Waals surface area contributed by atoms with Gasteiger partial charge in [0.15, 0.2) is 0 Å². The predicted octanol–water partition coefficient (Wildman–Crippen LogP) is 3.61. The number of aryl methyl sites for hydroxylation is 1. The Hall–Kier alpha value is -3.39. The average molecular weight is 428 g/mol. The molecule has 0 aliphatic rings. The highest BCUT2D eigenvalue weighted by Gasteiger charge is 2.23. The summed E-state index contributed by atoms with van der Waals surface area (Å²) in [6.45, 7) is 8.97. The zero-order chi connectivity index (χ0) is 22.3. The fourth-order valence-corrected chi connectivity index (χ4v) is 3.81. The minimum Gasteiger partial charge on any atom is -0.468 e. The number of benzene rings is 1. The van der Waals surface area contributed by atoms with E-state index in [9.17, 15) is 14.4 Å². The van der Waals surface area contributed by atoms with Crippen molar-refractivity contribution in [3.63, 3.8) is 0 Å². The van der Waals surface area contributed by atoms with Gasteiger partial charge < -0.3 is 20.7 Å². The van der Waals surface area contributed by atoms with E-state index in [0.717, 1.165) is 10.4 Å². The fraction of sp³-hybridized carbons (Fsp3) is 0.227. The molecule has 3 amide bonds. The first kappa shape index (κ1) is 22.9. The molecule has 7 nitrogen and oxygen atoms in total. The molecular weight excluding hydrogens is 402 g/mol. The molecule has 30 heavy (non-hydrogen) atoms. The maximum Gasteiger partial charge on any atom is 0.254 e. The summed E-state index contributed by atoms with van der Waals surface area (Å²) in [6, 6.07) is 8.62. The van der Waals surface area contributed by atoms with Crippen molar-refractivity contribution in [2.24, 2.45) is 5.73 Å². The number of thiophene rings is 1. The van der Waals surface area contributed by atoms with Gasteiger partial charge in [0.2, 0.25) is 5.91 Å². The van der Waals surface area contributed by atoms with Crippen LogP contribution in [0.25, 0.3) is 0 Å². The molecule has 1 aromatic carbocycles. The summed E-state index contributed by atoms with van der Waals surface area (Å²) in [7, 11) is 0. The van der Waals surface area contributed by atoms with Crippen LogP contribution < -0.4 is 11.1 Å². The van der Waals surface area contributed by atoms with Gasteiger partial charge in [-0.05, 0) is 38.5 Å². The Morgan fingerprint density at radius 2 is 1.87 bits per heavy atom. The Labute approximate surface area is 179 Å². The van der Waals surface area contributed by atoms with Gasteiger partial charge in [0.05, 0.1) is 18.4 Å². The lowest BCUT2D eigenvalue weighted by Gasteiger charge is -2.23. The van der Waals surface area contributed by atoms with E-state index in [1.165, 1.54) is 22.5 Å². The Bertz CT molecular complexity index is 980. The molecule has 2 rings (SSSR count).